The topological polar surface area (TPSA) is 128 Å². The molecule has 1 aromatic carbocycles. The number of aromatic carboxylic acids is 1. The third-order valence-corrected chi connectivity index (χ3v) is 2.55. The van der Waals surface area contributed by atoms with E-state index in [9.17, 15) is 4.79 Å². The Morgan fingerprint density at radius 2 is 2.35 bits per heavy atom. The number of hydrogen-bond acceptors (Lipinski definition) is 6. The number of aryl methyl sites for hydroxylation is 1. The summed E-state index contributed by atoms with van der Waals surface area (Å²) in [6, 6.07) is 6.71. The fourth-order valence-electron chi connectivity index (χ4n) is 1.57. The molecule has 0 amide bonds. The van der Waals surface area contributed by atoms with Gasteiger partial charge in [0.05, 0.1) is 5.56 Å². The van der Waals surface area contributed by atoms with Crippen LogP contribution in [0.3, 0.4) is 0 Å². The predicted molar refractivity (Wildman–Crippen MR) is 69.5 cm³/mol. The highest BCUT2D eigenvalue weighted by molar-refractivity contribution is 5.90. The molecule has 100 valence electrons. The van der Waals surface area contributed by atoms with Gasteiger partial charge in [-0.1, -0.05) is 0 Å². The minimum absolute atomic E-state index is 0.180. The van der Waals surface area contributed by atoms with Gasteiger partial charge < -0.3 is 10.4 Å². The monoisotopic (exact) mass is 270 g/mol. The highest BCUT2D eigenvalue weighted by Crippen LogP contribution is 2.16. The Morgan fingerprint density at radius 1 is 1.55 bits per heavy atom. The van der Waals surface area contributed by atoms with Crippen LogP contribution in [-0.4, -0.2) is 31.7 Å². The van der Waals surface area contributed by atoms with Crippen molar-refractivity contribution in [3.05, 3.63) is 41.4 Å². The number of tetrazole rings is 1. The first kappa shape index (κ1) is 13.2. The maximum Gasteiger partial charge on any atom is 0.335 e. The van der Waals surface area contributed by atoms with Crippen LogP contribution in [0.5, 0.6) is 0 Å². The first-order valence-electron chi connectivity index (χ1n) is 5.56. The number of carbonyl (C=O) groups is 1. The minimum atomic E-state index is -0.978. The van der Waals surface area contributed by atoms with Gasteiger partial charge in [0, 0.05) is 11.9 Å². The van der Waals surface area contributed by atoms with Crippen LogP contribution in [0, 0.1) is 18.3 Å². The summed E-state index contributed by atoms with van der Waals surface area (Å²) in [5.74, 6) is -0.798. The van der Waals surface area contributed by atoms with Crippen LogP contribution in [0.1, 0.15) is 21.7 Å². The van der Waals surface area contributed by atoms with Crippen molar-refractivity contribution in [1.29, 1.82) is 5.26 Å². The molecule has 2 aromatic rings. The van der Waals surface area contributed by atoms with Crippen molar-refractivity contribution in [1.82, 2.24) is 20.6 Å². The molecule has 0 aliphatic heterocycles. The zero-order valence-corrected chi connectivity index (χ0v) is 10.5. The Morgan fingerprint density at radius 3 is 2.90 bits per heavy atom. The third kappa shape index (κ3) is 2.78. The molecule has 0 saturated carbocycles. The van der Waals surface area contributed by atoms with Crippen LogP contribution in [-0.2, 0) is 0 Å². The summed E-state index contributed by atoms with van der Waals surface area (Å²) in [5.41, 5.74) is 1.72. The molecule has 2 rings (SSSR count). The molecular weight excluding hydrogens is 260 g/mol. The zero-order chi connectivity index (χ0) is 14.5. The van der Waals surface area contributed by atoms with Crippen LogP contribution in [0.25, 0.3) is 5.57 Å². The second-order valence-electron chi connectivity index (χ2n) is 3.88. The number of carboxylic acid groups (broad SMARTS) is 1. The summed E-state index contributed by atoms with van der Waals surface area (Å²) in [4.78, 5) is 10.9. The Balaban J connectivity index is 2.21. The van der Waals surface area contributed by atoms with E-state index in [1.807, 2.05) is 6.07 Å². The summed E-state index contributed by atoms with van der Waals surface area (Å²) in [6.07, 6.45) is 1.43. The quantitative estimate of drug-likeness (QED) is 0.711. The predicted octanol–water partition coefficient (Wildman–Crippen LogP) is 1.18. The van der Waals surface area contributed by atoms with E-state index < -0.39 is 5.97 Å². The number of rotatable bonds is 4. The number of hydrogen-bond donors (Lipinski definition) is 3. The van der Waals surface area contributed by atoms with Crippen molar-refractivity contribution < 1.29 is 9.90 Å². The molecule has 0 bridgehead atoms. The van der Waals surface area contributed by atoms with Crippen molar-refractivity contribution >= 4 is 17.2 Å². The molecule has 0 saturated heterocycles. The van der Waals surface area contributed by atoms with Crippen molar-refractivity contribution in [2.24, 2.45) is 0 Å². The normalized spacial score (nSPS) is 10.9. The molecule has 3 N–H and O–H groups in total. The van der Waals surface area contributed by atoms with Gasteiger partial charge in [-0.15, -0.1) is 10.2 Å². The second kappa shape index (κ2) is 5.62. The van der Waals surface area contributed by atoms with Crippen molar-refractivity contribution in [3.8, 4) is 6.07 Å². The third-order valence-electron chi connectivity index (χ3n) is 2.55. The molecule has 8 nitrogen and oxygen atoms in total. The van der Waals surface area contributed by atoms with E-state index in [4.69, 9.17) is 10.4 Å². The largest absolute Gasteiger partial charge is 0.478 e. The highest BCUT2D eigenvalue weighted by Gasteiger charge is 2.08. The number of allylic oxidation sites excluding steroid dienone is 1. The molecule has 20 heavy (non-hydrogen) atoms. The van der Waals surface area contributed by atoms with Gasteiger partial charge >= 0.3 is 5.97 Å². The standard InChI is InChI=1S/C12H10N6O2/c1-7-4-9(2-3-10(7)12(19)20)14-6-8(5-13)11-15-17-18-16-11/h2-4,6,14H,1H3,(H,19,20)(H,15,16,17,18). The first-order chi connectivity index (χ1) is 9.61. The van der Waals surface area contributed by atoms with Gasteiger partial charge in [-0.2, -0.15) is 10.5 Å². The van der Waals surface area contributed by atoms with Gasteiger partial charge in [-0.05, 0) is 35.9 Å². The smallest absolute Gasteiger partial charge is 0.335 e. The van der Waals surface area contributed by atoms with Gasteiger partial charge in [0.1, 0.15) is 11.6 Å². The number of anilines is 1. The lowest BCUT2D eigenvalue weighted by Gasteiger charge is -2.05. The van der Waals surface area contributed by atoms with Crippen molar-refractivity contribution in [2.45, 2.75) is 6.92 Å². The van der Waals surface area contributed by atoms with Gasteiger partial charge in [-0.3, -0.25) is 0 Å². The maximum absolute atomic E-state index is 10.9. The van der Waals surface area contributed by atoms with E-state index >= 15 is 0 Å². The van der Waals surface area contributed by atoms with E-state index in [0.717, 1.165) is 0 Å². The summed E-state index contributed by atoms with van der Waals surface area (Å²) in [7, 11) is 0. The van der Waals surface area contributed by atoms with Crippen LogP contribution in [0.2, 0.25) is 0 Å². The molecule has 8 heteroatoms. The lowest BCUT2D eigenvalue weighted by Crippen LogP contribution is -2.00. The van der Waals surface area contributed by atoms with E-state index in [2.05, 4.69) is 25.9 Å². The number of nitrogens with zero attached hydrogens (tertiary/aromatic N) is 4. The van der Waals surface area contributed by atoms with Gasteiger partial charge in [0.2, 0.25) is 5.82 Å². The Kier molecular flexibility index (Phi) is 3.72. The van der Waals surface area contributed by atoms with Gasteiger partial charge in [0.15, 0.2) is 0 Å². The number of nitrogens with one attached hydrogen (secondary N) is 2. The molecule has 0 radical (unpaired) electrons. The summed E-state index contributed by atoms with van der Waals surface area (Å²) < 4.78 is 0. The molecule has 1 aromatic heterocycles. The lowest BCUT2D eigenvalue weighted by molar-refractivity contribution is 0.0696. The van der Waals surface area contributed by atoms with Gasteiger partial charge in [-0.25, -0.2) is 4.79 Å². The minimum Gasteiger partial charge on any atom is -0.478 e. The molecule has 0 aliphatic rings. The fraction of sp³-hybridized carbons (Fsp3) is 0.0833. The van der Waals surface area contributed by atoms with Crippen molar-refractivity contribution in [3.63, 3.8) is 0 Å². The number of aromatic nitrogens is 4. The van der Waals surface area contributed by atoms with Crippen LogP contribution >= 0.6 is 0 Å². The molecule has 1 heterocycles. The Hall–Kier alpha value is -3.21. The molecule has 0 atom stereocenters. The van der Waals surface area contributed by atoms with E-state index in [0.29, 0.717) is 11.3 Å². The van der Waals surface area contributed by atoms with Crippen LogP contribution < -0.4 is 5.32 Å². The van der Waals surface area contributed by atoms with E-state index in [1.165, 1.54) is 12.3 Å². The average Bonchev–Trinajstić information content (AvgIpc) is 2.93. The zero-order valence-electron chi connectivity index (χ0n) is 10.5. The number of nitriles is 1. The van der Waals surface area contributed by atoms with Crippen LogP contribution in [0.4, 0.5) is 5.69 Å². The molecule has 0 fully saturated rings. The van der Waals surface area contributed by atoms with Crippen molar-refractivity contribution in [2.75, 3.05) is 5.32 Å². The summed E-state index contributed by atoms with van der Waals surface area (Å²) in [5, 5.41) is 33.8. The Labute approximate surface area is 113 Å². The Bertz CT molecular complexity index is 699. The fourth-order valence-corrected chi connectivity index (χ4v) is 1.57. The maximum atomic E-state index is 10.9. The van der Waals surface area contributed by atoms with Gasteiger partial charge in [0.25, 0.3) is 0 Å². The SMILES string of the molecule is Cc1cc(NC=C(C#N)c2nn[nH]n2)ccc1C(=O)O. The molecule has 0 aliphatic carbocycles. The summed E-state index contributed by atoms with van der Waals surface area (Å²) >= 11 is 0. The van der Waals surface area contributed by atoms with E-state index in [-0.39, 0.29) is 17.0 Å². The number of H-pyrrole nitrogens is 1. The van der Waals surface area contributed by atoms with E-state index in [1.54, 1.807) is 19.1 Å². The average molecular weight is 270 g/mol. The second-order valence-corrected chi connectivity index (χ2v) is 3.88. The lowest BCUT2D eigenvalue weighted by atomic mass is 10.1. The molecular formula is C12H10N6O2. The highest BCUT2D eigenvalue weighted by atomic mass is 16.4. The number of benzene rings is 1. The first-order valence-corrected chi connectivity index (χ1v) is 5.56. The number of aromatic amines is 1. The van der Waals surface area contributed by atoms with Crippen LogP contribution in [0.15, 0.2) is 24.4 Å². The molecule has 0 unspecified atom stereocenters. The summed E-state index contributed by atoms with van der Waals surface area (Å²) in [6.45, 7) is 1.70. The molecule has 0 spiro atoms. The number of carboxylic acids is 1.